The maximum absolute atomic E-state index is 13.1. The van der Waals surface area contributed by atoms with Gasteiger partial charge in [-0.15, -0.1) is 0 Å². The summed E-state index contributed by atoms with van der Waals surface area (Å²) in [4.78, 5) is 39.3. The van der Waals surface area contributed by atoms with Gasteiger partial charge in [-0.1, -0.05) is 5.16 Å². The minimum atomic E-state index is -0.383. The summed E-state index contributed by atoms with van der Waals surface area (Å²) < 4.78 is 21.6. The first-order chi connectivity index (χ1) is 16.5. The molecule has 1 aromatic heterocycles. The zero-order valence-corrected chi connectivity index (χ0v) is 19.0. The van der Waals surface area contributed by atoms with Crippen molar-refractivity contribution in [3.63, 3.8) is 0 Å². The van der Waals surface area contributed by atoms with Crippen LogP contribution in [0.5, 0.6) is 11.5 Å². The summed E-state index contributed by atoms with van der Waals surface area (Å²) in [6.45, 7) is 3.44. The van der Waals surface area contributed by atoms with Gasteiger partial charge in [-0.3, -0.25) is 14.4 Å². The van der Waals surface area contributed by atoms with Crippen LogP contribution in [0, 0.1) is 6.92 Å². The molecule has 1 fully saturated rings. The average Bonchev–Trinajstić information content (AvgIpc) is 3.51. The number of rotatable bonds is 9. The molecule has 11 nitrogen and oxygen atoms in total. The van der Waals surface area contributed by atoms with Crippen molar-refractivity contribution in [1.29, 1.82) is 0 Å². The number of aromatic nitrogens is 1. The number of nitrogens with zero attached hydrogens (tertiary/aromatic N) is 2. The number of ether oxygens (including phenoxy) is 3. The van der Waals surface area contributed by atoms with E-state index in [1.807, 2.05) is 0 Å². The summed E-state index contributed by atoms with van der Waals surface area (Å²) in [7, 11) is 0. The van der Waals surface area contributed by atoms with Gasteiger partial charge in [0.1, 0.15) is 25.5 Å². The van der Waals surface area contributed by atoms with Crippen molar-refractivity contribution >= 4 is 29.2 Å². The predicted molar refractivity (Wildman–Crippen MR) is 121 cm³/mol. The number of amides is 3. The molecule has 2 aliphatic heterocycles. The predicted octanol–water partition coefficient (Wildman–Crippen LogP) is 1.80. The highest BCUT2D eigenvalue weighted by Gasteiger charge is 2.24. The Morgan fingerprint density at radius 3 is 2.62 bits per heavy atom. The van der Waals surface area contributed by atoms with Crippen molar-refractivity contribution in [3.8, 4) is 11.5 Å². The normalized spacial score (nSPS) is 16.7. The van der Waals surface area contributed by atoms with Crippen LogP contribution in [-0.4, -0.2) is 61.9 Å². The fourth-order valence-electron chi connectivity index (χ4n) is 3.74. The van der Waals surface area contributed by atoms with Crippen molar-refractivity contribution in [2.24, 2.45) is 0 Å². The first-order valence-electron chi connectivity index (χ1n) is 11.3. The Kier molecular flexibility index (Phi) is 7.63. The van der Waals surface area contributed by atoms with Crippen LogP contribution >= 0.6 is 0 Å². The van der Waals surface area contributed by atoms with Crippen LogP contribution in [0.15, 0.2) is 28.8 Å². The largest absolute Gasteiger partial charge is 0.486 e. The summed E-state index contributed by atoms with van der Waals surface area (Å²) >= 11 is 0. The zero-order chi connectivity index (χ0) is 23.9. The van der Waals surface area contributed by atoms with E-state index in [0.29, 0.717) is 49.3 Å². The average molecular weight is 472 g/mol. The Morgan fingerprint density at radius 2 is 1.88 bits per heavy atom. The molecule has 2 aromatic rings. The summed E-state index contributed by atoms with van der Waals surface area (Å²) in [5, 5.41) is 9.12. The second-order valence-electron chi connectivity index (χ2n) is 8.12. The Hall–Kier alpha value is -3.60. The summed E-state index contributed by atoms with van der Waals surface area (Å²) in [5.74, 6) is 0.841. The minimum absolute atomic E-state index is 0.00809. The molecule has 34 heavy (non-hydrogen) atoms. The molecule has 2 aliphatic rings. The maximum atomic E-state index is 13.1. The number of anilines is 2. The standard InChI is InChI=1S/C23H28N4O7/c1-15-11-20(26-34-15)25-21(28)6-7-23(30)27(14-22(29)24-13-17-3-2-8-31-17)16-4-5-18-19(12-16)33-10-9-32-18/h4-5,11-12,17H,2-3,6-10,13-14H2,1H3,(H,24,29)(H,25,26,28)/t17-/m1/s1. The van der Waals surface area contributed by atoms with E-state index >= 15 is 0 Å². The van der Waals surface area contributed by atoms with Gasteiger partial charge in [0, 0.05) is 43.8 Å². The lowest BCUT2D eigenvalue weighted by molar-refractivity contribution is -0.125. The van der Waals surface area contributed by atoms with Gasteiger partial charge in [-0.05, 0) is 31.9 Å². The number of fused-ring (bicyclic) bond motifs is 1. The Balaban J connectivity index is 1.40. The van der Waals surface area contributed by atoms with Crippen LogP contribution in [-0.2, 0) is 19.1 Å². The number of carbonyl (C=O) groups is 3. The molecule has 3 heterocycles. The van der Waals surface area contributed by atoms with Crippen LogP contribution in [0.2, 0.25) is 0 Å². The van der Waals surface area contributed by atoms with Gasteiger partial charge >= 0.3 is 0 Å². The number of hydrogen-bond acceptors (Lipinski definition) is 8. The fourth-order valence-corrected chi connectivity index (χ4v) is 3.74. The molecule has 0 radical (unpaired) electrons. The van der Waals surface area contributed by atoms with Crippen LogP contribution in [0.4, 0.5) is 11.5 Å². The summed E-state index contributed by atoms with van der Waals surface area (Å²) in [6, 6.07) is 6.64. The first kappa shape index (κ1) is 23.6. The van der Waals surface area contributed by atoms with Gasteiger partial charge in [0.15, 0.2) is 17.3 Å². The highest BCUT2D eigenvalue weighted by molar-refractivity contribution is 6.01. The summed E-state index contributed by atoms with van der Waals surface area (Å²) in [5.41, 5.74) is 0.481. The van der Waals surface area contributed by atoms with Gasteiger partial charge in [-0.2, -0.15) is 0 Å². The minimum Gasteiger partial charge on any atom is -0.486 e. The third-order valence-corrected chi connectivity index (χ3v) is 5.45. The lowest BCUT2D eigenvalue weighted by Crippen LogP contribution is -2.43. The molecule has 0 spiro atoms. The number of hydrogen-bond donors (Lipinski definition) is 2. The third-order valence-electron chi connectivity index (χ3n) is 5.45. The SMILES string of the molecule is Cc1cc(NC(=O)CCC(=O)N(CC(=O)NC[C@H]2CCCO2)c2ccc3c(c2)OCCO3)no1. The van der Waals surface area contributed by atoms with E-state index in [0.717, 1.165) is 12.8 Å². The van der Waals surface area contributed by atoms with E-state index in [-0.39, 0.29) is 49.0 Å². The van der Waals surface area contributed by atoms with E-state index in [9.17, 15) is 14.4 Å². The Labute approximate surface area is 196 Å². The molecule has 0 aliphatic carbocycles. The number of benzene rings is 1. The fraction of sp³-hybridized carbons (Fsp3) is 0.478. The third kappa shape index (κ3) is 6.25. The van der Waals surface area contributed by atoms with E-state index < -0.39 is 0 Å². The Bertz CT molecular complexity index is 1030. The molecule has 0 saturated carbocycles. The van der Waals surface area contributed by atoms with Crippen molar-refractivity contribution in [3.05, 3.63) is 30.0 Å². The van der Waals surface area contributed by atoms with E-state index in [4.69, 9.17) is 18.7 Å². The molecule has 3 amide bonds. The molecule has 11 heteroatoms. The summed E-state index contributed by atoms with van der Waals surface area (Å²) in [6.07, 6.45) is 1.68. The molecular formula is C23H28N4O7. The molecule has 0 unspecified atom stereocenters. The van der Waals surface area contributed by atoms with Crippen molar-refractivity contribution in [2.45, 2.75) is 38.7 Å². The molecule has 1 atom stereocenters. The van der Waals surface area contributed by atoms with E-state index in [1.54, 1.807) is 31.2 Å². The maximum Gasteiger partial charge on any atom is 0.240 e. The molecule has 1 saturated heterocycles. The lowest BCUT2D eigenvalue weighted by Gasteiger charge is -2.25. The van der Waals surface area contributed by atoms with Crippen LogP contribution in [0.3, 0.4) is 0 Å². The smallest absolute Gasteiger partial charge is 0.240 e. The van der Waals surface area contributed by atoms with E-state index in [1.165, 1.54) is 4.90 Å². The highest BCUT2D eigenvalue weighted by atomic mass is 16.6. The van der Waals surface area contributed by atoms with Gasteiger partial charge in [0.2, 0.25) is 17.7 Å². The molecule has 182 valence electrons. The quantitative estimate of drug-likeness (QED) is 0.565. The van der Waals surface area contributed by atoms with Crippen LogP contribution in [0.1, 0.15) is 31.4 Å². The second-order valence-corrected chi connectivity index (χ2v) is 8.12. The van der Waals surface area contributed by atoms with Crippen molar-refractivity contribution in [1.82, 2.24) is 10.5 Å². The molecule has 4 rings (SSSR count). The van der Waals surface area contributed by atoms with Crippen molar-refractivity contribution in [2.75, 3.05) is 43.1 Å². The van der Waals surface area contributed by atoms with Gasteiger partial charge in [0.05, 0.1) is 6.10 Å². The van der Waals surface area contributed by atoms with Crippen molar-refractivity contribution < 1.29 is 33.1 Å². The van der Waals surface area contributed by atoms with Gasteiger partial charge < -0.3 is 34.3 Å². The topological polar surface area (TPSA) is 132 Å². The first-order valence-corrected chi connectivity index (χ1v) is 11.3. The lowest BCUT2D eigenvalue weighted by atomic mass is 10.2. The van der Waals surface area contributed by atoms with Gasteiger partial charge in [0.25, 0.3) is 0 Å². The van der Waals surface area contributed by atoms with Gasteiger partial charge in [-0.25, -0.2) is 0 Å². The number of nitrogens with one attached hydrogen (secondary N) is 2. The number of aryl methyl sites for hydroxylation is 1. The highest BCUT2D eigenvalue weighted by Crippen LogP contribution is 2.34. The monoisotopic (exact) mass is 472 g/mol. The molecule has 0 bridgehead atoms. The second kappa shape index (κ2) is 11.0. The van der Waals surface area contributed by atoms with E-state index in [2.05, 4.69) is 15.8 Å². The van der Waals surface area contributed by atoms with Crippen LogP contribution in [0.25, 0.3) is 0 Å². The van der Waals surface area contributed by atoms with Crippen LogP contribution < -0.4 is 25.0 Å². The molecular weight excluding hydrogens is 444 g/mol. The Morgan fingerprint density at radius 1 is 1.06 bits per heavy atom. The zero-order valence-electron chi connectivity index (χ0n) is 19.0. The molecule has 1 aromatic carbocycles. The number of carbonyl (C=O) groups excluding carboxylic acids is 3. The molecule has 2 N–H and O–H groups in total.